The van der Waals surface area contributed by atoms with Gasteiger partial charge in [-0.15, -0.1) is 5.10 Å². The molecule has 7 heteroatoms. The molecule has 20 heavy (non-hydrogen) atoms. The molecule has 0 aliphatic carbocycles. The standard InChI is InChI=1S/C13H22N4OS2/c1-9(2)12-15-13(17-16-12)14-11(18)6-4-3-5-10-7-8-19-20-10/h9-10H,3-8H2,1-2H3,(H2,14,15,16,17,18)/t10-/m0/s1. The van der Waals surface area contributed by atoms with Gasteiger partial charge >= 0.3 is 0 Å². The van der Waals surface area contributed by atoms with Crippen LogP contribution in [0, 0.1) is 0 Å². The van der Waals surface area contributed by atoms with Gasteiger partial charge in [-0.1, -0.05) is 41.9 Å². The minimum Gasteiger partial charge on any atom is -0.293 e. The quantitative estimate of drug-likeness (QED) is 0.594. The van der Waals surface area contributed by atoms with E-state index < -0.39 is 0 Å². The number of aromatic nitrogens is 3. The molecule has 0 spiro atoms. The van der Waals surface area contributed by atoms with Gasteiger partial charge in [-0.2, -0.15) is 4.98 Å². The fourth-order valence-electron chi connectivity index (χ4n) is 2.00. The molecule has 1 saturated heterocycles. The molecule has 112 valence electrons. The highest BCUT2D eigenvalue weighted by atomic mass is 33.1. The molecular weight excluding hydrogens is 292 g/mol. The number of rotatable bonds is 7. The number of nitrogens with one attached hydrogen (secondary N) is 2. The smallest absolute Gasteiger partial charge is 0.248 e. The van der Waals surface area contributed by atoms with Gasteiger partial charge in [-0.3, -0.25) is 15.2 Å². The number of carbonyl (C=O) groups excluding carboxylic acids is 1. The monoisotopic (exact) mass is 314 g/mol. The lowest BCUT2D eigenvalue weighted by molar-refractivity contribution is -0.116. The Morgan fingerprint density at radius 2 is 2.35 bits per heavy atom. The Morgan fingerprint density at radius 1 is 1.50 bits per heavy atom. The van der Waals surface area contributed by atoms with E-state index in [2.05, 4.69) is 20.5 Å². The lowest BCUT2D eigenvalue weighted by atomic mass is 10.1. The summed E-state index contributed by atoms with van der Waals surface area (Å²) in [6.07, 6.45) is 5.15. The van der Waals surface area contributed by atoms with Crippen LogP contribution in [0.25, 0.3) is 0 Å². The van der Waals surface area contributed by atoms with Gasteiger partial charge in [0.2, 0.25) is 11.9 Å². The van der Waals surface area contributed by atoms with Crippen LogP contribution in [0.5, 0.6) is 0 Å². The highest BCUT2D eigenvalue weighted by Gasteiger charge is 2.16. The lowest BCUT2D eigenvalue weighted by Gasteiger charge is -2.06. The number of carbonyl (C=O) groups is 1. The first-order chi connectivity index (χ1) is 9.65. The Labute approximate surface area is 127 Å². The van der Waals surface area contributed by atoms with Gasteiger partial charge in [-0.25, -0.2) is 0 Å². The van der Waals surface area contributed by atoms with Crippen molar-refractivity contribution in [2.75, 3.05) is 11.1 Å². The zero-order valence-electron chi connectivity index (χ0n) is 12.0. The maximum atomic E-state index is 11.8. The maximum absolute atomic E-state index is 11.8. The second-order valence-corrected chi connectivity index (χ2v) is 8.11. The van der Waals surface area contributed by atoms with Crippen molar-refractivity contribution in [3.63, 3.8) is 0 Å². The number of aromatic amines is 1. The highest BCUT2D eigenvalue weighted by Crippen LogP contribution is 2.39. The van der Waals surface area contributed by atoms with Crippen molar-refractivity contribution in [3.8, 4) is 0 Å². The van der Waals surface area contributed by atoms with Crippen molar-refractivity contribution in [3.05, 3.63) is 5.82 Å². The van der Waals surface area contributed by atoms with Crippen LogP contribution in [0.2, 0.25) is 0 Å². The van der Waals surface area contributed by atoms with Crippen molar-refractivity contribution < 1.29 is 4.79 Å². The number of hydrogen-bond acceptors (Lipinski definition) is 5. The van der Waals surface area contributed by atoms with E-state index in [0.29, 0.717) is 12.4 Å². The molecule has 0 bridgehead atoms. The number of nitrogens with zero attached hydrogens (tertiary/aromatic N) is 2. The normalized spacial score (nSPS) is 18.6. The minimum absolute atomic E-state index is 0.00718. The minimum atomic E-state index is 0.00718. The average molecular weight is 314 g/mol. The molecule has 0 radical (unpaired) electrons. The molecule has 1 atom stereocenters. The second kappa shape index (κ2) is 7.93. The van der Waals surface area contributed by atoms with Crippen LogP contribution < -0.4 is 5.32 Å². The van der Waals surface area contributed by atoms with Crippen LogP contribution in [-0.2, 0) is 4.79 Å². The Bertz CT molecular complexity index is 430. The summed E-state index contributed by atoms with van der Waals surface area (Å²) in [5.41, 5.74) is 0. The zero-order valence-corrected chi connectivity index (χ0v) is 13.6. The third kappa shape index (κ3) is 5.01. The summed E-state index contributed by atoms with van der Waals surface area (Å²) in [4.78, 5) is 16.0. The number of unbranched alkanes of at least 4 members (excludes halogenated alkanes) is 1. The van der Waals surface area contributed by atoms with E-state index >= 15 is 0 Å². The predicted octanol–water partition coefficient (Wildman–Crippen LogP) is 3.58. The summed E-state index contributed by atoms with van der Waals surface area (Å²) in [5, 5.41) is 10.4. The SMILES string of the molecule is CC(C)c1nc(NC(=O)CCCC[C@H]2CCSS2)n[nH]1. The third-order valence-electron chi connectivity index (χ3n) is 3.21. The van der Waals surface area contributed by atoms with Crippen LogP contribution in [0.4, 0.5) is 5.95 Å². The van der Waals surface area contributed by atoms with E-state index in [1.807, 2.05) is 35.4 Å². The van der Waals surface area contributed by atoms with Gasteiger partial charge in [0, 0.05) is 23.3 Å². The van der Waals surface area contributed by atoms with Gasteiger partial charge in [0.1, 0.15) is 5.82 Å². The summed E-state index contributed by atoms with van der Waals surface area (Å²) in [6, 6.07) is 0. The number of H-pyrrole nitrogens is 1. The molecule has 0 aromatic carbocycles. The summed E-state index contributed by atoms with van der Waals surface area (Å²) in [5.74, 6) is 2.76. The first kappa shape index (κ1) is 15.7. The molecule has 2 rings (SSSR count). The van der Waals surface area contributed by atoms with Crippen LogP contribution >= 0.6 is 21.6 Å². The zero-order chi connectivity index (χ0) is 14.4. The molecule has 1 fully saturated rings. The van der Waals surface area contributed by atoms with Gasteiger partial charge < -0.3 is 0 Å². The fourth-order valence-corrected chi connectivity index (χ4v) is 5.03. The highest BCUT2D eigenvalue weighted by molar-refractivity contribution is 8.77. The molecule has 1 aliphatic rings. The van der Waals surface area contributed by atoms with Crippen molar-refractivity contribution in [2.24, 2.45) is 0 Å². The molecule has 0 unspecified atom stereocenters. The predicted molar refractivity (Wildman–Crippen MR) is 86.0 cm³/mol. The number of hydrogen-bond donors (Lipinski definition) is 2. The van der Waals surface area contributed by atoms with E-state index in [-0.39, 0.29) is 11.8 Å². The Morgan fingerprint density at radius 3 is 3.00 bits per heavy atom. The topological polar surface area (TPSA) is 70.7 Å². The van der Waals surface area contributed by atoms with E-state index in [0.717, 1.165) is 23.9 Å². The van der Waals surface area contributed by atoms with Gasteiger partial charge in [-0.05, 0) is 19.3 Å². The van der Waals surface area contributed by atoms with Crippen LogP contribution in [-0.4, -0.2) is 32.1 Å². The molecular formula is C13H22N4OS2. The molecule has 2 N–H and O–H groups in total. The summed E-state index contributed by atoms with van der Waals surface area (Å²) < 4.78 is 0. The first-order valence-corrected chi connectivity index (χ1v) is 9.54. The van der Waals surface area contributed by atoms with Crippen molar-refractivity contribution in [1.82, 2.24) is 15.2 Å². The second-order valence-electron chi connectivity index (χ2n) is 5.32. The molecule has 0 saturated carbocycles. The first-order valence-electron chi connectivity index (χ1n) is 7.15. The van der Waals surface area contributed by atoms with Crippen molar-refractivity contribution >= 4 is 33.4 Å². The maximum Gasteiger partial charge on any atom is 0.248 e. The molecule has 1 aliphatic heterocycles. The summed E-state index contributed by atoms with van der Waals surface area (Å²) in [6.45, 7) is 4.07. The van der Waals surface area contributed by atoms with Crippen molar-refractivity contribution in [1.29, 1.82) is 0 Å². The number of amides is 1. The van der Waals surface area contributed by atoms with Gasteiger partial charge in [0.15, 0.2) is 0 Å². The van der Waals surface area contributed by atoms with Crippen LogP contribution in [0.3, 0.4) is 0 Å². The Hall–Kier alpha value is -0.690. The van der Waals surface area contributed by atoms with E-state index in [9.17, 15) is 4.79 Å². The van der Waals surface area contributed by atoms with E-state index in [1.54, 1.807) is 0 Å². The summed E-state index contributed by atoms with van der Waals surface area (Å²) >= 11 is 0. The summed E-state index contributed by atoms with van der Waals surface area (Å²) in [7, 11) is 3.97. The third-order valence-corrected chi connectivity index (χ3v) is 6.21. The molecule has 2 heterocycles. The fraction of sp³-hybridized carbons (Fsp3) is 0.769. The van der Waals surface area contributed by atoms with Crippen LogP contribution in [0.15, 0.2) is 0 Å². The largest absolute Gasteiger partial charge is 0.293 e. The Balaban J connectivity index is 1.61. The Kier molecular flexibility index (Phi) is 6.22. The van der Waals surface area contributed by atoms with Gasteiger partial charge in [0.05, 0.1) is 0 Å². The van der Waals surface area contributed by atoms with Crippen molar-refractivity contribution in [2.45, 2.75) is 57.1 Å². The molecule has 1 aromatic heterocycles. The molecule has 1 amide bonds. The average Bonchev–Trinajstić information content (AvgIpc) is 3.05. The van der Waals surface area contributed by atoms with E-state index in [4.69, 9.17) is 0 Å². The van der Waals surface area contributed by atoms with E-state index in [1.165, 1.54) is 18.6 Å². The number of anilines is 1. The van der Waals surface area contributed by atoms with Gasteiger partial charge in [0.25, 0.3) is 0 Å². The van der Waals surface area contributed by atoms with Crippen LogP contribution in [0.1, 0.15) is 57.7 Å². The molecule has 5 nitrogen and oxygen atoms in total. The molecule has 1 aromatic rings. The lowest BCUT2D eigenvalue weighted by Crippen LogP contribution is -2.12.